The van der Waals surface area contributed by atoms with Gasteiger partial charge in [0.2, 0.25) is 17.7 Å². The van der Waals surface area contributed by atoms with Crippen molar-refractivity contribution in [1.82, 2.24) is 15.3 Å². The Bertz CT molecular complexity index is 2270. The van der Waals surface area contributed by atoms with Crippen molar-refractivity contribution in [2.75, 3.05) is 50.6 Å². The molecule has 2 N–H and O–H groups in total. The van der Waals surface area contributed by atoms with Gasteiger partial charge in [-0.25, -0.2) is 14.4 Å². The van der Waals surface area contributed by atoms with Crippen molar-refractivity contribution in [3.8, 4) is 0 Å². The first-order valence-corrected chi connectivity index (χ1v) is 26.3. The second-order valence-corrected chi connectivity index (χ2v) is 21.9. The number of allylic oxidation sites excluding steroid dienone is 3. The van der Waals surface area contributed by atoms with Gasteiger partial charge in [0.1, 0.15) is 23.5 Å². The Balaban J connectivity index is 0.897. The lowest BCUT2D eigenvalue weighted by atomic mass is 9.82. The molecule has 7 rings (SSSR count). The number of ether oxygens (including phenoxy) is 5. The zero-order valence-electron chi connectivity index (χ0n) is 41.8. The van der Waals surface area contributed by atoms with E-state index in [0.717, 1.165) is 21.8 Å². The first-order chi connectivity index (χ1) is 33.7. The normalized spacial score (nSPS) is 33.2. The van der Waals surface area contributed by atoms with E-state index >= 15 is 0 Å². The molecule has 5 fully saturated rings. The summed E-state index contributed by atoms with van der Waals surface area (Å²) >= 11 is 8.16. The zero-order chi connectivity index (χ0) is 51.4. The molecule has 4 bridgehead atoms. The van der Waals surface area contributed by atoms with E-state index in [1.165, 1.54) is 28.5 Å². The smallest absolute Gasteiger partial charge is 0.409 e. The molecule has 390 valence electrons. The number of rotatable bonds is 14. The number of thioether (sulfide) groups is 1. The second kappa shape index (κ2) is 23.1. The van der Waals surface area contributed by atoms with Gasteiger partial charge < -0.3 is 38.5 Å². The van der Waals surface area contributed by atoms with Crippen molar-refractivity contribution in [2.24, 2.45) is 23.7 Å². The molecule has 2 unspecified atom stereocenters. The van der Waals surface area contributed by atoms with Crippen LogP contribution < -0.4 is 10.2 Å². The molecule has 5 heterocycles. The van der Waals surface area contributed by atoms with Crippen LogP contribution in [0.1, 0.15) is 104 Å². The van der Waals surface area contributed by atoms with Gasteiger partial charge in [0.25, 0.3) is 5.91 Å². The Morgan fingerprint density at radius 2 is 1.76 bits per heavy atom. The molecule has 1 aromatic rings. The number of anilines is 1. The lowest BCUT2D eigenvalue weighted by molar-refractivity contribution is -0.197. The molecule has 71 heavy (non-hydrogen) atoms. The van der Waals surface area contributed by atoms with Gasteiger partial charge in [0.05, 0.1) is 60.8 Å². The van der Waals surface area contributed by atoms with Crippen molar-refractivity contribution in [2.45, 2.75) is 147 Å². The fourth-order valence-corrected chi connectivity index (χ4v) is 11.5. The summed E-state index contributed by atoms with van der Waals surface area (Å²) in [5, 5.41) is 15.4. The summed E-state index contributed by atoms with van der Waals surface area (Å²) in [5.41, 5.74) is 0.403. The van der Waals surface area contributed by atoms with Crippen LogP contribution >= 0.6 is 23.4 Å². The van der Waals surface area contributed by atoms with Gasteiger partial charge in [-0.3, -0.25) is 29.4 Å². The summed E-state index contributed by atoms with van der Waals surface area (Å²) in [4.78, 5) is 99.6. The van der Waals surface area contributed by atoms with E-state index in [-0.39, 0.29) is 74.5 Å². The van der Waals surface area contributed by atoms with Crippen molar-refractivity contribution in [3.05, 3.63) is 52.1 Å². The number of carbonyl (C=O) groups is 7. The Morgan fingerprint density at radius 1 is 1.01 bits per heavy atom. The minimum atomic E-state index is -1.62. The summed E-state index contributed by atoms with van der Waals surface area (Å²) < 4.78 is 29.7. The first-order valence-electron chi connectivity index (χ1n) is 24.8. The Hall–Kier alpha value is -4.53. The molecule has 0 aromatic heterocycles. The maximum absolute atomic E-state index is 14.2. The summed E-state index contributed by atoms with van der Waals surface area (Å²) in [6.07, 6.45) is 5.25. The number of hydroxylamine groups is 2. The second-order valence-electron chi connectivity index (χ2n) is 20.2. The molecule has 1 aliphatic carbocycles. The number of fused-ring (bicyclic) bond motifs is 5. The van der Waals surface area contributed by atoms with E-state index in [2.05, 4.69) is 5.32 Å². The summed E-state index contributed by atoms with van der Waals surface area (Å²) in [5.74, 6) is -2.89. The van der Waals surface area contributed by atoms with Gasteiger partial charge in [-0.05, 0) is 89.3 Å². The van der Waals surface area contributed by atoms with Gasteiger partial charge in [-0.15, -0.1) is 11.8 Å². The molecule has 0 radical (unpaired) electrons. The predicted molar refractivity (Wildman–Crippen MR) is 262 cm³/mol. The van der Waals surface area contributed by atoms with Crippen LogP contribution in [0.5, 0.6) is 0 Å². The number of amides is 5. The number of alkyl carbamates (subject to hydrolysis) is 1. The molecule has 0 spiro atoms. The molecule has 1 aromatic carbocycles. The van der Waals surface area contributed by atoms with Crippen LogP contribution in [0, 0.1) is 30.6 Å². The van der Waals surface area contributed by atoms with Crippen LogP contribution in [0.2, 0.25) is 5.02 Å². The van der Waals surface area contributed by atoms with Gasteiger partial charge in [-0.2, -0.15) is 5.06 Å². The monoisotopic (exact) mass is 1030 g/mol. The highest BCUT2D eigenvalue weighted by Gasteiger charge is 2.64. The number of imide groups is 1. The van der Waals surface area contributed by atoms with Crippen LogP contribution in [0.15, 0.2) is 35.9 Å². The number of nitrogens with zero attached hydrogens (tertiary/aromatic N) is 3. The largest absolute Gasteiger partial charge is 0.457 e. The third kappa shape index (κ3) is 13.0. The number of halogens is 1. The number of aryl methyl sites for hydroxylation is 1. The van der Waals surface area contributed by atoms with E-state index in [1.54, 1.807) is 14.0 Å². The highest BCUT2D eigenvalue weighted by molar-refractivity contribution is 8.00. The maximum Gasteiger partial charge on any atom is 0.409 e. The molecule has 20 heteroatoms. The van der Waals surface area contributed by atoms with Gasteiger partial charge in [0.15, 0.2) is 6.10 Å². The highest BCUT2D eigenvalue weighted by Crippen LogP contribution is 2.49. The van der Waals surface area contributed by atoms with Crippen molar-refractivity contribution < 1.29 is 67.2 Å². The number of esters is 1. The predicted octanol–water partition coefficient (Wildman–Crippen LogP) is 5.76. The summed E-state index contributed by atoms with van der Waals surface area (Å²) in [7, 11) is 1.62. The summed E-state index contributed by atoms with van der Waals surface area (Å²) in [6, 6.07) is 3.83. The number of aliphatic hydroxyl groups is 1. The number of epoxide rings is 1. The summed E-state index contributed by atoms with van der Waals surface area (Å²) in [6.45, 7) is 11.9. The van der Waals surface area contributed by atoms with Crippen LogP contribution in [-0.2, 0) is 63.7 Å². The quantitative estimate of drug-likeness (QED) is 0.0980. The van der Waals surface area contributed by atoms with Gasteiger partial charge in [0, 0.05) is 50.4 Å². The van der Waals surface area contributed by atoms with E-state index in [0.29, 0.717) is 74.5 Å². The third-order valence-electron chi connectivity index (χ3n) is 14.9. The Labute approximate surface area is 424 Å². The average Bonchev–Trinajstić information content (AvgIpc) is 3.75. The highest BCUT2D eigenvalue weighted by atomic mass is 35.5. The number of nitrogens with one attached hydrogen (secondary N) is 1. The lowest BCUT2D eigenvalue weighted by Gasteiger charge is -2.41. The molecule has 5 aliphatic heterocycles. The number of hydrogen-bond donors (Lipinski definition) is 2. The van der Waals surface area contributed by atoms with E-state index < -0.39 is 70.9 Å². The fraction of sp³-hybridized carbons (Fsp3) is 0.667. The van der Waals surface area contributed by atoms with Crippen LogP contribution in [0.25, 0.3) is 0 Å². The van der Waals surface area contributed by atoms with E-state index in [4.69, 9.17) is 40.1 Å². The van der Waals surface area contributed by atoms with Gasteiger partial charge in [-0.1, -0.05) is 55.3 Å². The van der Waals surface area contributed by atoms with Gasteiger partial charge >= 0.3 is 18.0 Å². The van der Waals surface area contributed by atoms with E-state index in [9.17, 15) is 38.7 Å². The molecule has 9 atom stereocenters. The molecule has 4 saturated heterocycles. The number of benzene rings is 1. The molecular formula is C51H69ClN4O14S. The van der Waals surface area contributed by atoms with Crippen LogP contribution in [0.4, 0.5) is 10.5 Å². The van der Waals surface area contributed by atoms with Crippen molar-refractivity contribution >= 4 is 70.7 Å². The molecular weight excluding hydrogens is 960 g/mol. The molecule has 5 amide bonds. The van der Waals surface area contributed by atoms with E-state index in [1.807, 2.05) is 58.1 Å². The first kappa shape index (κ1) is 54.2. The van der Waals surface area contributed by atoms with Crippen LogP contribution in [0.3, 0.4) is 0 Å². The number of hydrogen-bond acceptors (Lipinski definition) is 15. The molecule has 6 aliphatic rings. The molecule has 18 nitrogen and oxygen atoms in total. The van der Waals surface area contributed by atoms with Crippen molar-refractivity contribution in [3.63, 3.8) is 0 Å². The lowest BCUT2D eigenvalue weighted by Crippen LogP contribution is -2.60. The SMILES string of the molecule is C/C1=C\C=C\[C@@H](C)[C@@]2(O)CC(OC(=O)N2)[C@@H](C)[C@@H]2O[C@@]2(C)[C@@H](OC(=O)[C@H](C)OCCOCCSC2CC(=O)N(CC3CCC(C(=O)ON4CCCC4=O)CC3)C2=O)CC(=O)N(C)c2cc(cc(C)c2Cl)C1. The molecule has 1 saturated carbocycles. The number of likely N-dealkylation sites (tertiary alicyclic amines) is 1. The Kier molecular flexibility index (Phi) is 17.7. The number of carbonyl (C=O) groups excluding carboxylic acids is 7. The zero-order valence-corrected chi connectivity index (χ0v) is 43.4. The minimum Gasteiger partial charge on any atom is -0.457 e. The standard InChI is InChI=1S/C51H69ClN4O14S/c1-29-10-8-11-31(3)51(64)27-38(67-49(63)53-51)32(4)45-50(6,69-45)40(26-42(58)54(7)37-24-35(22-29)23-30(2)44(37)52)68-47(61)33(5)66-19-18-65-20-21-71-39-25-43(59)55(46(39)60)28-34-13-15-36(16-14-34)48(62)70-56-17-9-12-41(56)57/h8,10-11,23-24,31-34,36,38-40,45,64H,9,12-22,25-28H2,1-7H3,(H,53,63)/b11-8+,29-10+/t31-,32-,33+,34?,36?,38?,39?,40+,45+,50+,51+/m1/s1. The van der Waals surface area contributed by atoms with Crippen molar-refractivity contribution in [1.29, 1.82) is 0 Å². The maximum atomic E-state index is 14.2. The average molecular weight is 1030 g/mol. The fourth-order valence-electron chi connectivity index (χ4n) is 10.2. The minimum absolute atomic E-state index is 0.0339. The van der Waals surface area contributed by atoms with Crippen LogP contribution in [-0.4, -0.2) is 143 Å². The topological polar surface area (TPSA) is 220 Å². The Morgan fingerprint density at radius 3 is 2.48 bits per heavy atom. The third-order valence-corrected chi connectivity index (χ3v) is 16.5.